The smallest absolute Gasteiger partial charge is 0.192 e. The van der Waals surface area contributed by atoms with Gasteiger partial charge in [-0.1, -0.05) is 54.6 Å². The van der Waals surface area contributed by atoms with E-state index in [0.29, 0.717) is 13.2 Å². The van der Waals surface area contributed by atoms with E-state index in [-0.39, 0.29) is 30.3 Å². The normalized spacial score (nSPS) is 14.8. The van der Waals surface area contributed by atoms with Crippen molar-refractivity contribution in [1.82, 2.24) is 0 Å². The van der Waals surface area contributed by atoms with Crippen LogP contribution in [-0.4, -0.2) is 25.7 Å². The summed E-state index contributed by atoms with van der Waals surface area (Å²) in [4.78, 5) is 0. The van der Waals surface area contributed by atoms with Crippen LogP contribution in [0.15, 0.2) is 91.0 Å². The zero-order valence-corrected chi connectivity index (χ0v) is 17.6. The van der Waals surface area contributed by atoms with E-state index >= 15 is 0 Å². The van der Waals surface area contributed by atoms with Gasteiger partial charge in [-0.15, -0.1) is 0 Å². The summed E-state index contributed by atoms with van der Waals surface area (Å²) in [5.41, 5.74) is 0. The van der Waals surface area contributed by atoms with Gasteiger partial charge in [0.15, 0.2) is 6.29 Å². The molecule has 0 saturated carbocycles. The molecule has 0 atom stereocenters. The summed E-state index contributed by atoms with van der Waals surface area (Å²) in [7, 11) is -1.85. The monoisotopic (exact) mass is 476 g/mol. The Labute approximate surface area is 172 Å². The summed E-state index contributed by atoms with van der Waals surface area (Å²) >= 11 is 0. The van der Waals surface area contributed by atoms with Gasteiger partial charge < -0.3 is 33.5 Å². The highest BCUT2D eigenvalue weighted by molar-refractivity contribution is 7.95. The molecule has 3 aromatic carbocycles. The van der Waals surface area contributed by atoms with E-state index in [1.807, 2.05) is 0 Å². The van der Waals surface area contributed by atoms with Gasteiger partial charge >= 0.3 is 0 Å². The molecular formula is C22H22IO2P. The van der Waals surface area contributed by atoms with Crippen molar-refractivity contribution < 1.29 is 33.5 Å². The molecule has 1 heterocycles. The van der Waals surface area contributed by atoms with Crippen LogP contribution in [0.3, 0.4) is 0 Å². The molecule has 0 unspecified atom stereocenters. The first-order valence-corrected chi connectivity index (χ1v) is 10.7. The molecule has 0 amide bonds. The number of ether oxygens (including phenoxy) is 2. The molecule has 1 fully saturated rings. The average Bonchev–Trinajstić information content (AvgIpc) is 3.21. The lowest BCUT2D eigenvalue weighted by Crippen LogP contribution is -3.00. The molecule has 3 aromatic rings. The maximum absolute atomic E-state index is 5.88. The fraction of sp³-hybridized carbons (Fsp3) is 0.182. The van der Waals surface area contributed by atoms with E-state index in [2.05, 4.69) is 91.0 Å². The van der Waals surface area contributed by atoms with Crippen molar-refractivity contribution in [2.75, 3.05) is 19.4 Å². The molecule has 0 N–H and O–H groups in total. The Kier molecular flexibility index (Phi) is 6.82. The van der Waals surface area contributed by atoms with Crippen molar-refractivity contribution in [3.63, 3.8) is 0 Å². The van der Waals surface area contributed by atoms with Crippen LogP contribution in [0.4, 0.5) is 0 Å². The summed E-state index contributed by atoms with van der Waals surface area (Å²) < 4.78 is 11.8. The Morgan fingerprint density at radius 1 is 0.615 bits per heavy atom. The summed E-state index contributed by atoms with van der Waals surface area (Å²) in [6.45, 7) is 1.37. The second kappa shape index (κ2) is 9.09. The number of halogens is 1. The van der Waals surface area contributed by atoms with Gasteiger partial charge in [-0.25, -0.2) is 0 Å². The van der Waals surface area contributed by atoms with Crippen LogP contribution < -0.4 is 39.9 Å². The molecule has 4 heteroatoms. The number of hydrogen-bond acceptors (Lipinski definition) is 2. The number of rotatable bonds is 5. The Hall–Kier alpha value is -1.26. The molecule has 2 nitrogen and oxygen atoms in total. The first-order valence-electron chi connectivity index (χ1n) is 8.68. The molecule has 134 valence electrons. The number of hydrogen-bond donors (Lipinski definition) is 0. The van der Waals surface area contributed by atoms with Crippen molar-refractivity contribution in [2.24, 2.45) is 0 Å². The van der Waals surface area contributed by atoms with Crippen molar-refractivity contribution in [1.29, 1.82) is 0 Å². The van der Waals surface area contributed by atoms with Crippen LogP contribution >= 0.6 is 7.26 Å². The van der Waals surface area contributed by atoms with Gasteiger partial charge in [0.05, 0.1) is 13.2 Å². The van der Waals surface area contributed by atoms with Crippen LogP contribution in [-0.2, 0) is 9.47 Å². The molecule has 0 aliphatic carbocycles. The maximum Gasteiger partial charge on any atom is 0.192 e. The van der Waals surface area contributed by atoms with E-state index in [1.54, 1.807) is 0 Å². The SMILES string of the molecule is [I-].c1ccc([P+](CC2OCCO2)(c2ccccc2)c2ccccc2)cc1. The van der Waals surface area contributed by atoms with Crippen LogP contribution in [0.1, 0.15) is 0 Å². The molecule has 0 aromatic heterocycles. The predicted octanol–water partition coefficient (Wildman–Crippen LogP) is 0.357. The van der Waals surface area contributed by atoms with Gasteiger partial charge in [0.1, 0.15) is 29.3 Å². The highest BCUT2D eigenvalue weighted by atomic mass is 127. The average molecular weight is 476 g/mol. The Morgan fingerprint density at radius 2 is 0.962 bits per heavy atom. The quantitative estimate of drug-likeness (QED) is 0.391. The summed E-state index contributed by atoms with van der Waals surface area (Å²) in [6, 6.07) is 32.5. The highest BCUT2D eigenvalue weighted by Gasteiger charge is 2.48. The Bertz CT molecular complexity index is 693. The summed E-state index contributed by atoms with van der Waals surface area (Å²) in [6.07, 6.45) is 0.722. The van der Waals surface area contributed by atoms with Gasteiger partial charge in [0.2, 0.25) is 0 Å². The van der Waals surface area contributed by atoms with Crippen LogP contribution in [0.25, 0.3) is 0 Å². The Morgan fingerprint density at radius 3 is 1.31 bits per heavy atom. The zero-order chi connectivity index (χ0) is 17.0. The molecule has 4 rings (SSSR count). The lowest BCUT2D eigenvalue weighted by molar-refractivity contribution is -0.0223. The molecule has 26 heavy (non-hydrogen) atoms. The van der Waals surface area contributed by atoms with E-state index in [0.717, 1.165) is 6.16 Å². The minimum atomic E-state index is -1.85. The van der Waals surface area contributed by atoms with Gasteiger partial charge in [0, 0.05) is 0 Å². The van der Waals surface area contributed by atoms with Gasteiger partial charge in [0.25, 0.3) is 0 Å². The van der Waals surface area contributed by atoms with E-state index in [4.69, 9.17) is 9.47 Å². The zero-order valence-electron chi connectivity index (χ0n) is 14.5. The molecule has 0 bridgehead atoms. The van der Waals surface area contributed by atoms with E-state index in [9.17, 15) is 0 Å². The third kappa shape index (κ3) is 3.86. The molecular weight excluding hydrogens is 454 g/mol. The van der Waals surface area contributed by atoms with Crippen molar-refractivity contribution in [2.45, 2.75) is 6.29 Å². The highest BCUT2D eigenvalue weighted by Crippen LogP contribution is 2.56. The molecule has 0 radical (unpaired) electrons. The predicted molar refractivity (Wildman–Crippen MR) is 106 cm³/mol. The fourth-order valence-electron chi connectivity index (χ4n) is 3.55. The van der Waals surface area contributed by atoms with Crippen molar-refractivity contribution >= 4 is 23.2 Å². The molecule has 1 aliphatic rings. The van der Waals surface area contributed by atoms with Gasteiger partial charge in [-0.3, -0.25) is 0 Å². The minimum absolute atomic E-state index is 0. The third-order valence-corrected chi connectivity index (χ3v) is 9.09. The van der Waals surface area contributed by atoms with E-state index < -0.39 is 7.26 Å². The minimum Gasteiger partial charge on any atom is -1.00 e. The largest absolute Gasteiger partial charge is 1.00 e. The van der Waals surface area contributed by atoms with E-state index in [1.165, 1.54) is 15.9 Å². The second-order valence-electron chi connectivity index (χ2n) is 6.17. The first kappa shape index (κ1) is 19.5. The molecule has 0 spiro atoms. The topological polar surface area (TPSA) is 18.5 Å². The van der Waals surface area contributed by atoms with Crippen molar-refractivity contribution in [3.05, 3.63) is 91.0 Å². The van der Waals surface area contributed by atoms with Crippen LogP contribution in [0.2, 0.25) is 0 Å². The summed E-state index contributed by atoms with van der Waals surface area (Å²) in [5.74, 6) is 0. The maximum atomic E-state index is 5.88. The van der Waals surface area contributed by atoms with Gasteiger partial charge in [-0.05, 0) is 36.4 Å². The van der Waals surface area contributed by atoms with Crippen LogP contribution in [0, 0.1) is 0 Å². The fourth-order valence-corrected chi connectivity index (χ4v) is 7.78. The van der Waals surface area contributed by atoms with Crippen molar-refractivity contribution in [3.8, 4) is 0 Å². The molecule has 1 aliphatic heterocycles. The first-order chi connectivity index (χ1) is 12.4. The van der Waals surface area contributed by atoms with Crippen LogP contribution in [0.5, 0.6) is 0 Å². The van der Waals surface area contributed by atoms with Gasteiger partial charge in [-0.2, -0.15) is 0 Å². The lowest BCUT2D eigenvalue weighted by atomic mass is 10.4. The summed E-state index contributed by atoms with van der Waals surface area (Å²) in [5, 5.41) is 4.10. The standard InChI is InChI=1S/C22H22O2P.HI/c1-4-10-19(11-5-1)25(18-22-23-16-17-24-22,20-12-6-2-7-13-20)21-14-8-3-9-15-21;/h1-15,22H,16-18H2;1H/q+1;/p-1. The number of benzene rings is 3. The second-order valence-corrected chi connectivity index (χ2v) is 9.70. The molecule has 1 saturated heterocycles. The Balaban J connectivity index is 0.00000196. The lowest BCUT2D eigenvalue weighted by Gasteiger charge is -2.29. The third-order valence-electron chi connectivity index (χ3n) is 4.70.